The number of amides is 1. The molecule has 5 nitrogen and oxygen atoms in total. The molecule has 0 spiro atoms. The van der Waals surface area contributed by atoms with Crippen molar-refractivity contribution in [2.45, 2.75) is 65.0 Å². The number of carbonyl (C=O) groups is 1. The van der Waals surface area contributed by atoms with Crippen LogP contribution >= 0.6 is 0 Å². The summed E-state index contributed by atoms with van der Waals surface area (Å²) in [5.41, 5.74) is 0.176. The number of nitrogens with one attached hydrogen (secondary N) is 1. The molecule has 1 unspecified atom stereocenters. The molecule has 0 radical (unpaired) electrons. The predicted molar refractivity (Wildman–Crippen MR) is 84.5 cm³/mol. The zero-order chi connectivity index (χ0) is 15.5. The minimum absolute atomic E-state index is 0.142. The third kappa shape index (κ3) is 4.16. The van der Waals surface area contributed by atoms with Crippen molar-refractivity contribution in [3.63, 3.8) is 0 Å². The van der Waals surface area contributed by atoms with Crippen LogP contribution in [0.3, 0.4) is 0 Å². The van der Waals surface area contributed by atoms with Crippen molar-refractivity contribution < 1.29 is 4.79 Å². The number of aromatic nitrogens is 2. The van der Waals surface area contributed by atoms with E-state index in [1.165, 1.54) is 25.6 Å². The highest BCUT2D eigenvalue weighted by Gasteiger charge is 2.23. The molecule has 0 saturated carbocycles. The molecule has 1 atom stereocenters. The van der Waals surface area contributed by atoms with Crippen LogP contribution < -0.4 is 10.2 Å². The van der Waals surface area contributed by atoms with Crippen LogP contribution in [-0.2, 0) is 0 Å². The Kier molecular flexibility index (Phi) is 4.80. The number of rotatable bonds is 3. The molecule has 1 fully saturated rings. The minimum atomic E-state index is -0.265. The monoisotopic (exact) mass is 290 g/mol. The summed E-state index contributed by atoms with van der Waals surface area (Å²) in [6.07, 6.45) is 6.26. The third-order valence-corrected chi connectivity index (χ3v) is 3.77. The second-order valence-electron chi connectivity index (χ2n) is 6.72. The topological polar surface area (TPSA) is 58.1 Å². The van der Waals surface area contributed by atoms with Gasteiger partial charge in [0.15, 0.2) is 0 Å². The Labute approximate surface area is 127 Å². The molecule has 2 heterocycles. The molecular weight excluding hydrogens is 264 g/mol. The second kappa shape index (κ2) is 6.41. The molecule has 5 heteroatoms. The number of hydrogen-bond donors (Lipinski definition) is 1. The zero-order valence-electron chi connectivity index (χ0n) is 13.5. The van der Waals surface area contributed by atoms with Crippen molar-refractivity contribution in [2.24, 2.45) is 0 Å². The van der Waals surface area contributed by atoms with Crippen LogP contribution in [0.1, 0.15) is 63.9 Å². The highest BCUT2D eigenvalue weighted by Crippen LogP contribution is 2.25. The Morgan fingerprint density at radius 1 is 1.38 bits per heavy atom. The van der Waals surface area contributed by atoms with Crippen molar-refractivity contribution in [3.05, 3.63) is 18.1 Å². The number of piperidine rings is 1. The van der Waals surface area contributed by atoms with E-state index in [9.17, 15) is 4.79 Å². The highest BCUT2D eigenvalue weighted by atomic mass is 16.2. The van der Waals surface area contributed by atoms with Crippen LogP contribution in [-0.4, -0.2) is 34.0 Å². The normalized spacial score (nSPS) is 19.4. The van der Waals surface area contributed by atoms with E-state index in [1.54, 1.807) is 0 Å². The Morgan fingerprint density at radius 3 is 2.81 bits per heavy atom. The van der Waals surface area contributed by atoms with Gasteiger partial charge in [0.1, 0.15) is 17.8 Å². The molecule has 1 aromatic heterocycles. The van der Waals surface area contributed by atoms with E-state index in [4.69, 9.17) is 0 Å². The van der Waals surface area contributed by atoms with Crippen molar-refractivity contribution in [3.8, 4) is 0 Å². The van der Waals surface area contributed by atoms with Gasteiger partial charge in [-0.1, -0.05) is 6.92 Å². The molecule has 1 N–H and O–H groups in total. The van der Waals surface area contributed by atoms with Gasteiger partial charge < -0.3 is 10.2 Å². The maximum Gasteiger partial charge on any atom is 0.270 e. The second-order valence-corrected chi connectivity index (χ2v) is 6.72. The molecule has 0 aliphatic carbocycles. The van der Waals surface area contributed by atoms with E-state index in [-0.39, 0.29) is 11.4 Å². The summed E-state index contributed by atoms with van der Waals surface area (Å²) < 4.78 is 0. The van der Waals surface area contributed by atoms with Gasteiger partial charge in [0.25, 0.3) is 5.91 Å². The Hall–Kier alpha value is -1.65. The first-order valence-electron chi connectivity index (χ1n) is 7.82. The smallest absolute Gasteiger partial charge is 0.270 e. The Bertz CT molecular complexity index is 495. The molecule has 1 aromatic rings. The van der Waals surface area contributed by atoms with Gasteiger partial charge in [0.05, 0.1) is 0 Å². The lowest BCUT2D eigenvalue weighted by Gasteiger charge is -2.36. The van der Waals surface area contributed by atoms with Crippen molar-refractivity contribution >= 4 is 11.7 Å². The summed E-state index contributed by atoms with van der Waals surface area (Å²) in [6.45, 7) is 9.10. The summed E-state index contributed by atoms with van der Waals surface area (Å²) in [4.78, 5) is 23.0. The Balaban J connectivity index is 2.18. The minimum Gasteiger partial charge on any atom is -0.354 e. The fourth-order valence-electron chi connectivity index (χ4n) is 2.76. The largest absolute Gasteiger partial charge is 0.354 e. The van der Waals surface area contributed by atoms with Crippen LogP contribution in [0.4, 0.5) is 5.82 Å². The van der Waals surface area contributed by atoms with E-state index in [0.29, 0.717) is 11.7 Å². The van der Waals surface area contributed by atoms with Gasteiger partial charge in [0, 0.05) is 24.2 Å². The first kappa shape index (κ1) is 15.7. The van der Waals surface area contributed by atoms with Crippen LogP contribution in [0.15, 0.2) is 12.4 Å². The summed E-state index contributed by atoms with van der Waals surface area (Å²) in [6, 6.07) is 2.34. The molecule has 0 aromatic carbocycles. The number of carbonyl (C=O) groups excluding carboxylic acids is 1. The van der Waals surface area contributed by atoms with Crippen molar-refractivity contribution in [2.75, 3.05) is 11.4 Å². The molecular formula is C16H26N4O. The standard InChI is InChI=1S/C16H26N4O/c1-5-12-8-6-7-9-20(12)14-10-13(17-11-18-14)15(21)19-16(2,3)4/h10-12H,5-9H2,1-4H3,(H,19,21). The SMILES string of the molecule is CCC1CCCCN1c1cc(C(=O)NC(C)(C)C)ncn1. The van der Waals surface area contributed by atoms with Crippen molar-refractivity contribution in [1.82, 2.24) is 15.3 Å². The van der Waals surface area contributed by atoms with Gasteiger partial charge in [0.2, 0.25) is 0 Å². The summed E-state index contributed by atoms with van der Waals surface area (Å²) in [5, 5.41) is 2.94. The lowest BCUT2D eigenvalue weighted by Crippen LogP contribution is -2.42. The predicted octanol–water partition coefficient (Wildman–Crippen LogP) is 2.77. The maximum atomic E-state index is 12.2. The molecule has 1 aliphatic rings. The van der Waals surface area contributed by atoms with Crippen LogP contribution in [0.2, 0.25) is 0 Å². The van der Waals surface area contributed by atoms with Crippen LogP contribution in [0.25, 0.3) is 0 Å². The molecule has 1 aliphatic heterocycles. The number of anilines is 1. The first-order chi connectivity index (χ1) is 9.90. The van der Waals surface area contributed by atoms with Gasteiger partial charge in [-0.25, -0.2) is 9.97 Å². The van der Waals surface area contributed by atoms with Crippen LogP contribution in [0.5, 0.6) is 0 Å². The molecule has 116 valence electrons. The third-order valence-electron chi connectivity index (χ3n) is 3.77. The van der Waals surface area contributed by atoms with E-state index >= 15 is 0 Å². The average Bonchev–Trinajstić information content (AvgIpc) is 2.45. The van der Waals surface area contributed by atoms with Gasteiger partial charge in [-0.15, -0.1) is 0 Å². The van der Waals surface area contributed by atoms with Crippen LogP contribution in [0, 0.1) is 0 Å². The summed E-state index contributed by atoms with van der Waals surface area (Å²) in [5.74, 6) is 0.729. The van der Waals surface area contributed by atoms with E-state index in [0.717, 1.165) is 18.8 Å². The van der Waals surface area contributed by atoms with E-state index in [2.05, 4.69) is 27.1 Å². The average molecular weight is 290 g/mol. The van der Waals surface area contributed by atoms with E-state index in [1.807, 2.05) is 26.8 Å². The lowest BCUT2D eigenvalue weighted by molar-refractivity contribution is 0.0914. The maximum absolute atomic E-state index is 12.2. The number of hydrogen-bond acceptors (Lipinski definition) is 4. The molecule has 1 saturated heterocycles. The lowest BCUT2D eigenvalue weighted by atomic mass is 10.00. The molecule has 0 bridgehead atoms. The summed E-state index contributed by atoms with van der Waals surface area (Å²) >= 11 is 0. The quantitative estimate of drug-likeness (QED) is 0.930. The number of nitrogens with zero attached hydrogens (tertiary/aromatic N) is 3. The van der Waals surface area contributed by atoms with E-state index < -0.39 is 0 Å². The highest BCUT2D eigenvalue weighted by molar-refractivity contribution is 5.93. The fourth-order valence-corrected chi connectivity index (χ4v) is 2.76. The fraction of sp³-hybridized carbons (Fsp3) is 0.688. The van der Waals surface area contributed by atoms with Gasteiger partial charge >= 0.3 is 0 Å². The molecule has 1 amide bonds. The van der Waals surface area contributed by atoms with Gasteiger partial charge in [-0.3, -0.25) is 4.79 Å². The summed E-state index contributed by atoms with van der Waals surface area (Å²) in [7, 11) is 0. The molecule has 2 rings (SSSR count). The van der Waals surface area contributed by atoms with Gasteiger partial charge in [-0.2, -0.15) is 0 Å². The molecule has 21 heavy (non-hydrogen) atoms. The van der Waals surface area contributed by atoms with Gasteiger partial charge in [-0.05, 0) is 46.5 Å². The zero-order valence-corrected chi connectivity index (χ0v) is 13.5. The first-order valence-corrected chi connectivity index (χ1v) is 7.82. The Morgan fingerprint density at radius 2 is 2.14 bits per heavy atom. The van der Waals surface area contributed by atoms with Crippen molar-refractivity contribution in [1.29, 1.82) is 0 Å².